The van der Waals surface area contributed by atoms with Crippen LogP contribution in [0.15, 0.2) is 54.6 Å². The highest BCUT2D eigenvalue weighted by atomic mass is 32.2. The Labute approximate surface area is 143 Å². The molecule has 3 heteroatoms. The van der Waals surface area contributed by atoms with Crippen molar-refractivity contribution in [3.63, 3.8) is 0 Å². The second-order valence-corrected chi connectivity index (χ2v) is 7.15. The van der Waals surface area contributed by atoms with Crippen molar-refractivity contribution in [1.29, 1.82) is 0 Å². The van der Waals surface area contributed by atoms with E-state index in [2.05, 4.69) is 55.6 Å². The number of rotatable bonds is 7. The van der Waals surface area contributed by atoms with E-state index in [1.807, 2.05) is 25.1 Å². The van der Waals surface area contributed by atoms with Crippen LogP contribution in [0.2, 0.25) is 0 Å². The summed E-state index contributed by atoms with van der Waals surface area (Å²) in [4.78, 5) is 12.4. The van der Waals surface area contributed by atoms with Gasteiger partial charge in [0.1, 0.15) is 0 Å². The maximum absolute atomic E-state index is 12.4. The van der Waals surface area contributed by atoms with Crippen molar-refractivity contribution in [3.8, 4) is 0 Å². The Morgan fingerprint density at radius 3 is 2.35 bits per heavy atom. The molecule has 2 aromatic carbocycles. The molecule has 0 aliphatic rings. The number of thioether (sulfide) groups is 1. The maximum atomic E-state index is 12.4. The van der Waals surface area contributed by atoms with Gasteiger partial charge in [-0.1, -0.05) is 67.1 Å². The van der Waals surface area contributed by atoms with E-state index in [1.165, 1.54) is 16.7 Å². The number of hydrogen-bond donors (Lipinski definition) is 1. The highest BCUT2D eigenvalue weighted by Crippen LogP contribution is 2.21. The molecule has 0 spiro atoms. The van der Waals surface area contributed by atoms with Gasteiger partial charge in [0.2, 0.25) is 5.91 Å². The van der Waals surface area contributed by atoms with Crippen LogP contribution in [0.1, 0.15) is 43.0 Å². The van der Waals surface area contributed by atoms with Crippen LogP contribution in [-0.2, 0) is 10.5 Å². The molecule has 23 heavy (non-hydrogen) atoms. The molecule has 1 N–H and O–H groups in total. The topological polar surface area (TPSA) is 29.1 Å². The van der Waals surface area contributed by atoms with Crippen molar-refractivity contribution >= 4 is 17.7 Å². The Kier molecular flexibility index (Phi) is 6.72. The fourth-order valence-electron chi connectivity index (χ4n) is 2.38. The smallest absolute Gasteiger partial charge is 0.233 e. The lowest BCUT2D eigenvalue weighted by Gasteiger charge is -2.20. The second kappa shape index (κ2) is 8.78. The molecule has 1 amide bonds. The molecule has 2 atom stereocenters. The van der Waals surface area contributed by atoms with E-state index in [-0.39, 0.29) is 17.2 Å². The van der Waals surface area contributed by atoms with Crippen LogP contribution in [0.25, 0.3) is 0 Å². The standard InChI is InChI=1S/C20H25NOS/c1-4-19(18-12-10-15(2)11-13-18)21-20(22)16(3)23-14-17-8-6-5-7-9-17/h5-13,16,19H,4,14H2,1-3H3,(H,21,22)/t16-,19-/m1/s1. The maximum Gasteiger partial charge on any atom is 0.233 e. The number of hydrogen-bond acceptors (Lipinski definition) is 2. The Morgan fingerprint density at radius 2 is 1.74 bits per heavy atom. The number of carbonyl (C=O) groups excluding carboxylic acids is 1. The third kappa shape index (κ3) is 5.43. The first-order valence-corrected chi connectivity index (χ1v) is 9.17. The number of aryl methyl sites for hydroxylation is 1. The van der Waals surface area contributed by atoms with Crippen molar-refractivity contribution in [2.24, 2.45) is 0 Å². The van der Waals surface area contributed by atoms with Crippen LogP contribution in [0.5, 0.6) is 0 Å². The van der Waals surface area contributed by atoms with Crippen LogP contribution in [-0.4, -0.2) is 11.2 Å². The molecule has 0 radical (unpaired) electrons. The third-order valence-corrected chi connectivity index (χ3v) is 5.13. The van der Waals surface area contributed by atoms with Gasteiger partial charge in [0, 0.05) is 5.75 Å². The van der Waals surface area contributed by atoms with Crippen LogP contribution in [0.3, 0.4) is 0 Å². The molecule has 0 saturated carbocycles. The normalized spacial score (nSPS) is 13.3. The van der Waals surface area contributed by atoms with Crippen LogP contribution in [0, 0.1) is 6.92 Å². The summed E-state index contributed by atoms with van der Waals surface area (Å²) in [5, 5.41) is 3.12. The Morgan fingerprint density at radius 1 is 1.09 bits per heavy atom. The summed E-state index contributed by atoms with van der Waals surface area (Å²) in [6.45, 7) is 6.16. The molecule has 122 valence electrons. The third-order valence-electron chi connectivity index (χ3n) is 3.92. The Bertz CT molecular complexity index is 609. The van der Waals surface area contributed by atoms with Crippen LogP contribution in [0.4, 0.5) is 0 Å². The molecule has 0 saturated heterocycles. The Hall–Kier alpha value is -1.74. The molecule has 0 aromatic heterocycles. The van der Waals surface area contributed by atoms with E-state index < -0.39 is 0 Å². The van der Waals surface area contributed by atoms with E-state index in [0.29, 0.717) is 0 Å². The molecule has 0 unspecified atom stereocenters. The van der Waals surface area contributed by atoms with Gasteiger partial charge in [0.05, 0.1) is 11.3 Å². The predicted molar refractivity (Wildman–Crippen MR) is 99.6 cm³/mol. The molecular formula is C20H25NOS. The first-order chi connectivity index (χ1) is 11.1. The van der Waals surface area contributed by atoms with Gasteiger partial charge in [0.15, 0.2) is 0 Å². The van der Waals surface area contributed by atoms with Crippen molar-refractivity contribution in [2.45, 2.75) is 44.2 Å². The minimum Gasteiger partial charge on any atom is -0.348 e. The first kappa shape index (κ1) is 17.6. The van der Waals surface area contributed by atoms with Crippen LogP contribution < -0.4 is 5.32 Å². The molecule has 0 aliphatic heterocycles. The molecule has 0 fully saturated rings. The zero-order chi connectivity index (χ0) is 16.7. The lowest BCUT2D eigenvalue weighted by atomic mass is 10.0. The van der Waals surface area contributed by atoms with Crippen LogP contribution >= 0.6 is 11.8 Å². The van der Waals surface area contributed by atoms with E-state index in [1.54, 1.807) is 11.8 Å². The van der Waals surface area contributed by atoms with Crippen molar-refractivity contribution < 1.29 is 4.79 Å². The van der Waals surface area contributed by atoms with Crippen molar-refractivity contribution in [1.82, 2.24) is 5.32 Å². The van der Waals surface area contributed by atoms with Crippen molar-refractivity contribution in [2.75, 3.05) is 0 Å². The largest absolute Gasteiger partial charge is 0.348 e. The van der Waals surface area contributed by atoms with Gasteiger partial charge in [-0.15, -0.1) is 11.8 Å². The van der Waals surface area contributed by atoms with E-state index in [4.69, 9.17) is 0 Å². The summed E-state index contributed by atoms with van der Waals surface area (Å²) in [7, 11) is 0. The van der Waals surface area contributed by atoms with Gasteiger partial charge >= 0.3 is 0 Å². The SMILES string of the molecule is CC[C@@H](NC(=O)[C@@H](C)SCc1ccccc1)c1ccc(C)cc1. The lowest BCUT2D eigenvalue weighted by molar-refractivity contribution is -0.121. The summed E-state index contributed by atoms with van der Waals surface area (Å²) in [5.41, 5.74) is 3.66. The fraction of sp³-hybridized carbons (Fsp3) is 0.350. The molecule has 2 rings (SSSR count). The summed E-state index contributed by atoms with van der Waals surface area (Å²) < 4.78 is 0. The number of carbonyl (C=O) groups is 1. The molecule has 0 bridgehead atoms. The number of benzene rings is 2. The Balaban J connectivity index is 1.89. The molecule has 2 aromatic rings. The van der Waals surface area contributed by atoms with Gasteiger partial charge < -0.3 is 5.32 Å². The summed E-state index contributed by atoms with van der Waals surface area (Å²) >= 11 is 1.68. The highest BCUT2D eigenvalue weighted by Gasteiger charge is 2.18. The minimum atomic E-state index is -0.0605. The number of amides is 1. The molecular weight excluding hydrogens is 302 g/mol. The quantitative estimate of drug-likeness (QED) is 0.785. The summed E-state index contributed by atoms with van der Waals surface area (Å²) in [6.07, 6.45) is 0.894. The van der Waals surface area contributed by atoms with Gasteiger partial charge in [-0.05, 0) is 31.4 Å². The molecule has 2 nitrogen and oxygen atoms in total. The number of nitrogens with one attached hydrogen (secondary N) is 1. The monoisotopic (exact) mass is 327 g/mol. The van der Waals surface area contributed by atoms with Gasteiger partial charge in [0.25, 0.3) is 0 Å². The zero-order valence-electron chi connectivity index (χ0n) is 14.1. The summed E-state index contributed by atoms with van der Waals surface area (Å²) in [6, 6.07) is 18.8. The van der Waals surface area contributed by atoms with Gasteiger partial charge in [-0.3, -0.25) is 4.79 Å². The minimum absolute atomic E-state index is 0.0605. The zero-order valence-corrected chi connectivity index (χ0v) is 14.9. The van der Waals surface area contributed by atoms with Crippen molar-refractivity contribution in [3.05, 3.63) is 71.3 Å². The average Bonchev–Trinajstić information content (AvgIpc) is 2.59. The second-order valence-electron chi connectivity index (χ2n) is 5.82. The van der Waals surface area contributed by atoms with Gasteiger partial charge in [-0.2, -0.15) is 0 Å². The van der Waals surface area contributed by atoms with Gasteiger partial charge in [-0.25, -0.2) is 0 Å². The molecule has 0 aliphatic carbocycles. The van der Waals surface area contributed by atoms with E-state index in [0.717, 1.165) is 12.2 Å². The highest BCUT2D eigenvalue weighted by molar-refractivity contribution is 7.99. The molecule has 0 heterocycles. The lowest BCUT2D eigenvalue weighted by Crippen LogP contribution is -2.34. The summed E-state index contributed by atoms with van der Waals surface area (Å²) in [5.74, 6) is 0.967. The fourth-order valence-corrected chi connectivity index (χ4v) is 3.23. The average molecular weight is 327 g/mol. The van der Waals surface area contributed by atoms with E-state index in [9.17, 15) is 4.79 Å². The predicted octanol–water partition coefficient (Wildman–Crippen LogP) is 4.88. The first-order valence-electron chi connectivity index (χ1n) is 8.12. The van der Waals surface area contributed by atoms with E-state index >= 15 is 0 Å².